The molecule has 1 unspecified atom stereocenters. The molecule has 0 aliphatic heterocycles. The smallest absolute Gasteiger partial charge is 0.274 e. The van der Waals surface area contributed by atoms with Gasteiger partial charge in [0, 0.05) is 11.7 Å². The number of amides is 1. The molecule has 5 heteroatoms. The Hall–Kier alpha value is -2.56. The minimum atomic E-state index is -0.232. The van der Waals surface area contributed by atoms with E-state index in [1.807, 2.05) is 37.3 Å². The van der Waals surface area contributed by atoms with Crippen molar-refractivity contribution >= 4 is 17.3 Å². The summed E-state index contributed by atoms with van der Waals surface area (Å²) in [6.45, 7) is 6.77. The lowest BCUT2D eigenvalue weighted by Crippen LogP contribution is -2.16. The van der Waals surface area contributed by atoms with E-state index in [0.717, 1.165) is 17.9 Å². The van der Waals surface area contributed by atoms with Crippen molar-refractivity contribution in [3.63, 3.8) is 0 Å². The molecule has 23 heavy (non-hydrogen) atoms. The highest BCUT2D eigenvalue weighted by atomic mass is 16.5. The molecule has 1 aromatic heterocycles. The fourth-order valence-corrected chi connectivity index (χ4v) is 2.00. The molecule has 2 aromatic rings. The second-order valence-electron chi connectivity index (χ2n) is 5.30. The summed E-state index contributed by atoms with van der Waals surface area (Å²) in [6.07, 6.45) is 2.71. The van der Waals surface area contributed by atoms with Gasteiger partial charge in [0.2, 0.25) is 0 Å². The number of benzene rings is 1. The molecule has 0 fully saturated rings. The molecule has 1 aromatic carbocycles. The van der Waals surface area contributed by atoms with Crippen LogP contribution in [-0.4, -0.2) is 23.5 Å². The zero-order valence-corrected chi connectivity index (χ0v) is 13.8. The predicted molar refractivity (Wildman–Crippen MR) is 93.2 cm³/mol. The Morgan fingerprint density at radius 3 is 2.39 bits per heavy atom. The molecule has 1 heterocycles. The van der Waals surface area contributed by atoms with Gasteiger partial charge in [-0.1, -0.05) is 6.92 Å². The van der Waals surface area contributed by atoms with E-state index in [9.17, 15) is 4.79 Å². The molecule has 0 saturated heterocycles. The Kier molecular flexibility index (Phi) is 5.97. The molecule has 0 spiro atoms. The third-order valence-electron chi connectivity index (χ3n) is 3.44. The van der Waals surface area contributed by atoms with E-state index in [1.165, 1.54) is 0 Å². The average Bonchev–Trinajstić information content (AvgIpc) is 2.57. The van der Waals surface area contributed by atoms with Gasteiger partial charge in [-0.3, -0.25) is 4.79 Å². The molecule has 2 rings (SSSR count). The van der Waals surface area contributed by atoms with Gasteiger partial charge in [0.1, 0.15) is 11.4 Å². The minimum absolute atomic E-state index is 0.232. The zero-order valence-electron chi connectivity index (χ0n) is 13.8. The van der Waals surface area contributed by atoms with Gasteiger partial charge in [-0.15, -0.1) is 0 Å². The van der Waals surface area contributed by atoms with Gasteiger partial charge in [-0.25, -0.2) is 4.98 Å². The lowest BCUT2D eigenvalue weighted by molar-refractivity contribution is 0.102. The Morgan fingerprint density at radius 1 is 1.13 bits per heavy atom. The fourth-order valence-electron chi connectivity index (χ4n) is 2.00. The highest BCUT2D eigenvalue weighted by Gasteiger charge is 2.08. The lowest BCUT2D eigenvalue weighted by atomic mass is 10.2. The quantitative estimate of drug-likeness (QED) is 0.812. The van der Waals surface area contributed by atoms with E-state index < -0.39 is 0 Å². The summed E-state index contributed by atoms with van der Waals surface area (Å²) < 4.78 is 5.37. The first-order valence-corrected chi connectivity index (χ1v) is 7.89. The van der Waals surface area contributed by atoms with Crippen molar-refractivity contribution in [1.29, 1.82) is 0 Å². The number of hydrogen-bond acceptors (Lipinski definition) is 4. The molecule has 0 aliphatic rings. The van der Waals surface area contributed by atoms with Crippen LogP contribution >= 0.6 is 0 Å². The number of aromatic nitrogens is 1. The van der Waals surface area contributed by atoms with Crippen LogP contribution < -0.4 is 15.4 Å². The number of hydrogen-bond donors (Lipinski definition) is 2. The number of ether oxygens (including phenoxy) is 1. The van der Waals surface area contributed by atoms with Gasteiger partial charge >= 0.3 is 0 Å². The number of carbonyl (C=O) groups excluding carboxylic acids is 1. The summed E-state index contributed by atoms with van der Waals surface area (Å²) >= 11 is 0. The maximum Gasteiger partial charge on any atom is 0.274 e. The summed E-state index contributed by atoms with van der Waals surface area (Å²) in [5, 5.41) is 6.14. The number of anilines is 2. The van der Waals surface area contributed by atoms with E-state index >= 15 is 0 Å². The molecule has 2 N–H and O–H groups in total. The standard InChI is InChI=1S/C18H23N3O2/c1-4-13(3)20-15-8-11-17(19-12-15)18(22)21-14-6-9-16(10-7-14)23-5-2/h6-13,20H,4-5H2,1-3H3,(H,21,22). The van der Waals surface area contributed by atoms with E-state index in [1.54, 1.807) is 12.3 Å². The third-order valence-corrected chi connectivity index (χ3v) is 3.44. The van der Waals surface area contributed by atoms with Crippen molar-refractivity contribution in [3.05, 3.63) is 48.3 Å². The molecular formula is C18H23N3O2. The summed E-state index contributed by atoms with van der Waals surface area (Å²) in [6, 6.07) is 11.2. The van der Waals surface area contributed by atoms with Crippen LogP contribution in [0.25, 0.3) is 0 Å². The average molecular weight is 313 g/mol. The highest BCUT2D eigenvalue weighted by Crippen LogP contribution is 2.16. The second kappa shape index (κ2) is 8.17. The SMILES string of the molecule is CCOc1ccc(NC(=O)c2ccc(NC(C)CC)cn2)cc1. The third kappa shape index (κ3) is 4.98. The highest BCUT2D eigenvalue weighted by molar-refractivity contribution is 6.02. The van der Waals surface area contributed by atoms with Crippen LogP contribution in [0.1, 0.15) is 37.7 Å². The van der Waals surface area contributed by atoms with Crippen molar-refractivity contribution in [2.75, 3.05) is 17.2 Å². The van der Waals surface area contributed by atoms with Crippen molar-refractivity contribution in [1.82, 2.24) is 4.98 Å². The fraction of sp³-hybridized carbons (Fsp3) is 0.333. The number of nitrogens with one attached hydrogen (secondary N) is 2. The number of pyridine rings is 1. The van der Waals surface area contributed by atoms with Gasteiger partial charge in [-0.05, 0) is 56.7 Å². The summed E-state index contributed by atoms with van der Waals surface area (Å²) in [7, 11) is 0. The first-order chi connectivity index (χ1) is 11.1. The van der Waals surface area contributed by atoms with Crippen LogP contribution in [-0.2, 0) is 0 Å². The molecule has 0 bridgehead atoms. The molecule has 1 amide bonds. The van der Waals surface area contributed by atoms with Crippen LogP contribution in [0.15, 0.2) is 42.6 Å². The van der Waals surface area contributed by atoms with Gasteiger partial charge in [0.05, 0.1) is 18.5 Å². The first-order valence-electron chi connectivity index (χ1n) is 7.89. The van der Waals surface area contributed by atoms with Crippen molar-refractivity contribution in [2.45, 2.75) is 33.2 Å². The molecule has 0 saturated carbocycles. The first kappa shape index (κ1) is 16.8. The van der Waals surface area contributed by atoms with Crippen molar-refractivity contribution < 1.29 is 9.53 Å². The molecule has 0 radical (unpaired) electrons. The topological polar surface area (TPSA) is 63.2 Å². The second-order valence-corrected chi connectivity index (χ2v) is 5.30. The molecular weight excluding hydrogens is 290 g/mol. The number of rotatable bonds is 7. The van der Waals surface area contributed by atoms with Crippen molar-refractivity contribution in [2.24, 2.45) is 0 Å². The Morgan fingerprint density at radius 2 is 1.83 bits per heavy atom. The summed E-state index contributed by atoms with van der Waals surface area (Å²) in [4.78, 5) is 16.4. The zero-order chi connectivity index (χ0) is 16.7. The van der Waals surface area contributed by atoms with E-state index in [2.05, 4.69) is 29.5 Å². The Balaban J connectivity index is 1.97. The van der Waals surface area contributed by atoms with Gasteiger partial charge < -0.3 is 15.4 Å². The van der Waals surface area contributed by atoms with Gasteiger partial charge in [0.15, 0.2) is 0 Å². The van der Waals surface area contributed by atoms with Crippen LogP contribution in [0, 0.1) is 0 Å². The number of carbonyl (C=O) groups is 1. The molecule has 122 valence electrons. The maximum atomic E-state index is 12.2. The summed E-state index contributed by atoms with van der Waals surface area (Å²) in [5.74, 6) is 0.549. The maximum absolute atomic E-state index is 12.2. The van der Waals surface area contributed by atoms with E-state index in [-0.39, 0.29) is 5.91 Å². The molecule has 5 nitrogen and oxygen atoms in total. The number of nitrogens with zero attached hydrogens (tertiary/aromatic N) is 1. The monoisotopic (exact) mass is 313 g/mol. The predicted octanol–water partition coefficient (Wildman–Crippen LogP) is 3.94. The van der Waals surface area contributed by atoms with Gasteiger partial charge in [0.25, 0.3) is 5.91 Å². The van der Waals surface area contributed by atoms with Gasteiger partial charge in [-0.2, -0.15) is 0 Å². The summed E-state index contributed by atoms with van der Waals surface area (Å²) in [5.41, 5.74) is 2.01. The van der Waals surface area contributed by atoms with Crippen LogP contribution in [0.5, 0.6) is 5.75 Å². The molecule has 1 atom stereocenters. The Labute approximate surface area is 137 Å². The largest absolute Gasteiger partial charge is 0.494 e. The Bertz CT molecular complexity index is 624. The van der Waals surface area contributed by atoms with E-state index in [0.29, 0.717) is 24.0 Å². The van der Waals surface area contributed by atoms with Crippen LogP contribution in [0.4, 0.5) is 11.4 Å². The molecule has 0 aliphatic carbocycles. The minimum Gasteiger partial charge on any atom is -0.494 e. The van der Waals surface area contributed by atoms with Crippen LogP contribution in [0.3, 0.4) is 0 Å². The van der Waals surface area contributed by atoms with Crippen molar-refractivity contribution in [3.8, 4) is 5.75 Å². The van der Waals surface area contributed by atoms with E-state index in [4.69, 9.17) is 4.74 Å². The van der Waals surface area contributed by atoms with Crippen LogP contribution in [0.2, 0.25) is 0 Å². The lowest BCUT2D eigenvalue weighted by Gasteiger charge is -2.12. The normalized spacial score (nSPS) is 11.6.